The fourth-order valence-corrected chi connectivity index (χ4v) is 5.22. The number of hydrogen-bond acceptors (Lipinski definition) is 5. The number of aromatic nitrogens is 1. The zero-order chi connectivity index (χ0) is 14.9. The number of hydrogen-bond donors (Lipinski definition) is 1. The highest BCUT2D eigenvalue weighted by Crippen LogP contribution is 2.24. The van der Waals surface area contributed by atoms with E-state index >= 15 is 0 Å². The van der Waals surface area contributed by atoms with Crippen LogP contribution in [-0.4, -0.2) is 53.0 Å². The second-order valence-corrected chi connectivity index (χ2v) is 8.35. The van der Waals surface area contributed by atoms with Crippen LogP contribution < -0.4 is 5.73 Å². The lowest BCUT2D eigenvalue weighted by Gasteiger charge is -2.34. The summed E-state index contributed by atoms with van der Waals surface area (Å²) in [5.41, 5.74) is 6.60. The second-order valence-electron chi connectivity index (χ2n) is 4.75. The first-order valence-corrected chi connectivity index (χ1v) is 9.26. The third-order valence-electron chi connectivity index (χ3n) is 3.41. The average Bonchev–Trinajstić information content (AvgIpc) is 2.77. The van der Waals surface area contributed by atoms with Gasteiger partial charge in [-0.15, -0.1) is 0 Å². The molecule has 0 saturated carbocycles. The number of nitrogens with two attached hydrogens (primary N) is 1. The number of aryl methyl sites for hydroxylation is 1. The van der Waals surface area contributed by atoms with Crippen LogP contribution in [0.3, 0.4) is 0 Å². The van der Waals surface area contributed by atoms with Crippen molar-refractivity contribution in [1.82, 2.24) is 9.47 Å². The molecule has 8 heteroatoms. The third kappa shape index (κ3) is 2.80. The van der Waals surface area contributed by atoms with Gasteiger partial charge in [0.1, 0.15) is 11.1 Å². The number of amides is 1. The lowest BCUT2D eigenvalue weighted by Crippen LogP contribution is -2.51. The highest BCUT2D eigenvalue weighted by Gasteiger charge is 2.36. The Morgan fingerprint density at radius 1 is 1.55 bits per heavy atom. The molecular formula is C12H19N3O3S2. The molecular weight excluding hydrogens is 298 g/mol. The molecule has 2 N–H and O–H groups in total. The molecule has 0 spiro atoms. The van der Waals surface area contributed by atoms with Crippen LogP contribution in [0.5, 0.6) is 0 Å². The number of rotatable bonds is 3. The number of nitrogen functional groups attached to an aromatic ring is 1. The molecule has 0 radical (unpaired) electrons. The van der Waals surface area contributed by atoms with Crippen LogP contribution in [0.1, 0.15) is 17.4 Å². The van der Waals surface area contributed by atoms with Crippen molar-refractivity contribution in [3.05, 3.63) is 18.0 Å². The van der Waals surface area contributed by atoms with Crippen molar-refractivity contribution < 1.29 is 13.2 Å². The van der Waals surface area contributed by atoms with Gasteiger partial charge in [-0.25, -0.2) is 8.42 Å². The largest absolute Gasteiger partial charge is 0.397 e. The van der Waals surface area contributed by atoms with E-state index in [0.29, 0.717) is 23.7 Å². The standard InChI is InChI=1S/C12H19N3O3S2/c1-3-20(17,18)11-8-19-5-4-15(11)12(16)10-6-9(13)7-14(10)2/h6-7,11H,3-5,8,13H2,1-2H3. The maximum absolute atomic E-state index is 12.6. The first-order chi connectivity index (χ1) is 9.36. The van der Waals surface area contributed by atoms with Gasteiger partial charge in [0, 0.05) is 37.0 Å². The molecule has 0 bridgehead atoms. The summed E-state index contributed by atoms with van der Waals surface area (Å²) in [5.74, 6) is 0.951. The minimum atomic E-state index is -3.29. The van der Waals surface area contributed by atoms with Gasteiger partial charge in [-0.1, -0.05) is 6.92 Å². The van der Waals surface area contributed by atoms with Crippen molar-refractivity contribution in [3.63, 3.8) is 0 Å². The van der Waals surface area contributed by atoms with Gasteiger partial charge in [-0.05, 0) is 6.07 Å². The van der Waals surface area contributed by atoms with Gasteiger partial charge in [0.15, 0.2) is 9.84 Å². The average molecular weight is 317 g/mol. The minimum Gasteiger partial charge on any atom is -0.397 e. The van der Waals surface area contributed by atoms with E-state index in [-0.39, 0.29) is 11.7 Å². The highest BCUT2D eigenvalue weighted by atomic mass is 32.2. The van der Waals surface area contributed by atoms with Crippen LogP contribution >= 0.6 is 11.8 Å². The Morgan fingerprint density at radius 3 is 2.80 bits per heavy atom. The Bertz CT molecular complexity index is 609. The smallest absolute Gasteiger partial charge is 0.271 e. The van der Waals surface area contributed by atoms with E-state index < -0.39 is 15.2 Å². The van der Waals surface area contributed by atoms with Crippen LogP contribution in [0.25, 0.3) is 0 Å². The predicted octanol–water partition coefficient (Wildman–Crippen LogP) is 0.557. The molecule has 0 aliphatic carbocycles. The predicted molar refractivity (Wildman–Crippen MR) is 81.4 cm³/mol. The van der Waals surface area contributed by atoms with Crippen molar-refractivity contribution in [3.8, 4) is 0 Å². The molecule has 1 aromatic rings. The maximum Gasteiger partial charge on any atom is 0.271 e. The highest BCUT2D eigenvalue weighted by molar-refractivity contribution is 8.01. The number of thioether (sulfide) groups is 1. The van der Waals surface area contributed by atoms with E-state index in [2.05, 4.69) is 0 Å². The number of sulfone groups is 1. The number of carbonyl (C=O) groups is 1. The molecule has 20 heavy (non-hydrogen) atoms. The molecule has 2 rings (SSSR count). The first kappa shape index (κ1) is 15.2. The molecule has 0 aromatic carbocycles. The zero-order valence-electron chi connectivity index (χ0n) is 11.6. The third-order valence-corrected chi connectivity index (χ3v) is 6.70. The maximum atomic E-state index is 12.6. The Kier molecular flexibility index (Phi) is 4.33. The lowest BCUT2D eigenvalue weighted by atomic mass is 10.3. The van der Waals surface area contributed by atoms with Crippen molar-refractivity contribution in [1.29, 1.82) is 0 Å². The van der Waals surface area contributed by atoms with Crippen molar-refractivity contribution in [2.75, 3.05) is 29.5 Å². The molecule has 1 aliphatic rings. The molecule has 1 amide bonds. The van der Waals surface area contributed by atoms with Gasteiger partial charge in [0.25, 0.3) is 5.91 Å². The van der Waals surface area contributed by atoms with Gasteiger partial charge < -0.3 is 15.2 Å². The summed E-state index contributed by atoms with van der Waals surface area (Å²) in [5, 5.41) is -0.741. The van der Waals surface area contributed by atoms with Gasteiger partial charge in [0.05, 0.1) is 5.69 Å². The van der Waals surface area contributed by atoms with Crippen molar-refractivity contribution in [2.24, 2.45) is 7.05 Å². The Balaban J connectivity index is 2.33. The van der Waals surface area contributed by atoms with Crippen LogP contribution in [0.15, 0.2) is 12.3 Å². The normalized spacial score (nSPS) is 20.1. The quantitative estimate of drug-likeness (QED) is 0.880. The van der Waals surface area contributed by atoms with Gasteiger partial charge in [-0.3, -0.25) is 4.79 Å². The summed E-state index contributed by atoms with van der Waals surface area (Å²) < 4.78 is 25.9. The molecule has 1 aliphatic heterocycles. The van der Waals surface area contributed by atoms with E-state index in [0.717, 1.165) is 5.75 Å². The molecule has 1 unspecified atom stereocenters. The fraction of sp³-hybridized carbons (Fsp3) is 0.583. The monoisotopic (exact) mass is 317 g/mol. The van der Waals surface area contributed by atoms with Crippen LogP contribution in [0.4, 0.5) is 5.69 Å². The summed E-state index contributed by atoms with van der Waals surface area (Å²) in [4.78, 5) is 14.0. The minimum absolute atomic E-state index is 0.0390. The molecule has 2 heterocycles. The molecule has 1 fully saturated rings. The number of nitrogens with zero attached hydrogens (tertiary/aromatic N) is 2. The SMILES string of the molecule is CCS(=O)(=O)C1CSCCN1C(=O)c1cc(N)cn1C. The Labute approximate surface area is 123 Å². The zero-order valence-corrected chi connectivity index (χ0v) is 13.2. The summed E-state index contributed by atoms with van der Waals surface area (Å²) in [6.45, 7) is 2.05. The van der Waals surface area contributed by atoms with Gasteiger partial charge >= 0.3 is 0 Å². The lowest BCUT2D eigenvalue weighted by molar-refractivity contribution is 0.0740. The molecule has 1 atom stereocenters. The summed E-state index contributed by atoms with van der Waals surface area (Å²) in [6.07, 6.45) is 1.65. The van der Waals surface area contributed by atoms with Crippen molar-refractivity contribution in [2.45, 2.75) is 12.3 Å². The fourth-order valence-electron chi connectivity index (χ4n) is 2.25. The Morgan fingerprint density at radius 2 is 2.25 bits per heavy atom. The second kappa shape index (κ2) is 5.69. The van der Waals surface area contributed by atoms with E-state index in [1.54, 1.807) is 42.6 Å². The van der Waals surface area contributed by atoms with Gasteiger partial charge in [0.2, 0.25) is 0 Å². The Hall–Kier alpha value is -1.15. The molecule has 112 valence electrons. The van der Waals surface area contributed by atoms with Crippen LogP contribution in [0.2, 0.25) is 0 Å². The van der Waals surface area contributed by atoms with Crippen LogP contribution in [-0.2, 0) is 16.9 Å². The topological polar surface area (TPSA) is 85.4 Å². The molecule has 6 nitrogen and oxygen atoms in total. The summed E-state index contributed by atoms with van der Waals surface area (Å²) in [7, 11) is -1.56. The van der Waals surface area contributed by atoms with E-state index in [1.807, 2.05) is 0 Å². The summed E-state index contributed by atoms with van der Waals surface area (Å²) >= 11 is 1.57. The molecule has 1 aromatic heterocycles. The van der Waals surface area contributed by atoms with E-state index in [4.69, 9.17) is 5.73 Å². The van der Waals surface area contributed by atoms with Gasteiger partial charge in [-0.2, -0.15) is 11.8 Å². The first-order valence-electron chi connectivity index (χ1n) is 6.39. The van der Waals surface area contributed by atoms with E-state index in [9.17, 15) is 13.2 Å². The number of carbonyl (C=O) groups excluding carboxylic acids is 1. The van der Waals surface area contributed by atoms with Crippen LogP contribution in [0, 0.1) is 0 Å². The number of anilines is 1. The summed E-state index contributed by atoms with van der Waals surface area (Å²) in [6, 6.07) is 1.58. The molecule has 1 saturated heterocycles. The van der Waals surface area contributed by atoms with Crippen molar-refractivity contribution >= 4 is 33.2 Å². The van der Waals surface area contributed by atoms with E-state index in [1.165, 1.54) is 4.90 Å².